The van der Waals surface area contributed by atoms with Crippen LogP contribution in [0.2, 0.25) is 0 Å². The van der Waals surface area contributed by atoms with E-state index in [9.17, 15) is 0 Å². The number of rotatable bonds is 11. The van der Waals surface area contributed by atoms with Crippen molar-refractivity contribution in [2.24, 2.45) is 0 Å². The molecule has 3 aromatic heterocycles. The van der Waals surface area contributed by atoms with Crippen molar-refractivity contribution in [3.05, 3.63) is 47.2 Å². The van der Waals surface area contributed by atoms with Crippen molar-refractivity contribution in [2.75, 3.05) is 26.4 Å². The number of ether oxygens (including phenoxy) is 4. The maximum atomic E-state index is 6.04. The lowest BCUT2D eigenvalue weighted by Gasteiger charge is -2.16. The molecular formula is C34H37NO4S2. The van der Waals surface area contributed by atoms with Crippen LogP contribution in [0.25, 0.3) is 42.7 Å². The predicted octanol–water partition coefficient (Wildman–Crippen LogP) is 9.93. The standard InChI is InChI=1S/C34H37NO4S2/c1-2-3-4-5-6-7-8-9-14-35-27-12-10-23(33-31-29(21-40-33)36-15-17-38-31)19-25(27)26-20-24(11-13-28(26)35)34-32-30(22-41-34)37-16-18-39-32/h10-13,19-22H,2-9,14-18H2,1H3. The van der Waals surface area contributed by atoms with Crippen LogP contribution in [0.4, 0.5) is 0 Å². The van der Waals surface area contributed by atoms with Gasteiger partial charge in [0.15, 0.2) is 23.0 Å². The Labute approximate surface area is 249 Å². The molecular weight excluding hydrogens is 551 g/mol. The molecule has 0 bridgehead atoms. The Balaban J connectivity index is 1.25. The number of aryl methyl sites for hydroxylation is 1. The van der Waals surface area contributed by atoms with Gasteiger partial charge >= 0.3 is 0 Å². The van der Waals surface area contributed by atoms with Gasteiger partial charge in [0.05, 0.1) is 9.75 Å². The van der Waals surface area contributed by atoms with Crippen molar-refractivity contribution in [1.82, 2.24) is 4.57 Å². The van der Waals surface area contributed by atoms with Crippen LogP contribution in [0, 0.1) is 0 Å². The van der Waals surface area contributed by atoms with Crippen LogP contribution in [0.5, 0.6) is 23.0 Å². The first kappa shape index (κ1) is 26.7. The Kier molecular flexibility index (Phi) is 7.81. The first-order valence-corrected chi connectivity index (χ1v) is 16.9. The Morgan fingerprint density at radius 1 is 0.610 bits per heavy atom. The van der Waals surface area contributed by atoms with Gasteiger partial charge in [0.1, 0.15) is 26.4 Å². The lowest BCUT2D eigenvalue weighted by molar-refractivity contribution is 0.174. The molecule has 7 heteroatoms. The Bertz CT molecular complexity index is 1550. The van der Waals surface area contributed by atoms with Gasteiger partial charge in [-0.25, -0.2) is 0 Å². The summed E-state index contributed by atoms with van der Waals surface area (Å²) < 4.78 is 26.3. The third-order valence-corrected chi connectivity index (χ3v) is 10.2. The molecule has 0 atom stereocenters. The number of hydrogen-bond donors (Lipinski definition) is 0. The molecule has 0 saturated heterocycles. The summed E-state index contributed by atoms with van der Waals surface area (Å²) in [6, 6.07) is 13.8. The summed E-state index contributed by atoms with van der Waals surface area (Å²) in [5, 5.41) is 6.69. The molecule has 0 spiro atoms. The number of benzene rings is 2. The zero-order chi connectivity index (χ0) is 27.6. The summed E-state index contributed by atoms with van der Waals surface area (Å²) in [6.45, 7) is 5.72. The van der Waals surface area contributed by atoms with Crippen LogP contribution in [0.1, 0.15) is 58.3 Å². The Morgan fingerprint density at radius 3 is 1.63 bits per heavy atom. The molecule has 0 aliphatic carbocycles. The van der Waals surface area contributed by atoms with Crippen molar-refractivity contribution < 1.29 is 18.9 Å². The summed E-state index contributed by atoms with van der Waals surface area (Å²) in [5.41, 5.74) is 4.94. The molecule has 2 aliphatic heterocycles. The lowest BCUT2D eigenvalue weighted by Crippen LogP contribution is -2.14. The fourth-order valence-corrected chi connectivity index (χ4v) is 8.01. The van der Waals surface area contributed by atoms with E-state index in [1.54, 1.807) is 22.7 Å². The van der Waals surface area contributed by atoms with E-state index in [0.29, 0.717) is 26.4 Å². The summed E-state index contributed by atoms with van der Waals surface area (Å²) in [7, 11) is 0. The smallest absolute Gasteiger partial charge is 0.179 e. The molecule has 41 heavy (non-hydrogen) atoms. The second-order valence-corrected chi connectivity index (χ2v) is 12.8. The average Bonchev–Trinajstić information content (AvgIpc) is 3.72. The minimum absolute atomic E-state index is 0.594. The van der Waals surface area contributed by atoms with E-state index in [-0.39, 0.29) is 0 Å². The highest BCUT2D eigenvalue weighted by molar-refractivity contribution is 7.14. The molecule has 0 fully saturated rings. The molecule has 2 aliphatic rings. The van der Waals surface area contributed by atoms with E-state index in [1.807, 2.05) is 0 Å². The number of hydrogen-bond acceptors (Lipinski definition) is 6. The maximum Gasteiger partial charge on any atom is 0.179 e. The molecule has 7 rings (SSSR count). The summed E-state index contributed by atoms with van der Waals surface area (Å²) in [5.74, 6) is 3.48. The number of thiophene rings is 2. The second-order valence-electron chi connectivity index (χ2n) is 11.0. The molecule has 5 heterocycles. The van der Waals surface area contributed by atoms with Crippen molar-refractivity contribution in [3.63, 3.8) is 0 Å². The van der Waals surface area contributed by atoms with Gasteiger partial charge < -0.3 is 23.5 Å². The lowest BCUT2D eigenvalue weighted by atomic mass is 10.1. The van der Waals surface area contributed by atoms with Gasteiger partial charge in [-0.2, -0.15) is 0 Å². The SMILES string of the molecule is CCCCCCCCCCn1c2ccc(-c3scc4c3OCCO4)cc2c2cc(-c3scc4c3OCCO4)ccc21. The van der Waals surface area contributed by atoms with E-state index in [2.05, 4.69) is 58.6 Å². The van der Waals surface area contributed by atoms with Gasteiger partial charge in [-0.1, -0.05) is 64.0 Å². The summed E-state index contributed by atoms with van der Waals surface area (Å²) >= 11 is 3.39. The second kappa shape index (κ2) is 12.0. The zero-order valence-electron chi connectivity index (χ0n) is 23.7. The van der Waals surface area contributed by atoms with Gasteiger partial charge in [0.2, 0.25) is 0 Å². The normalized spacial score (nSPS) is 14.3. The van der Waals surface area contributed by atoms with Crippen LogP contribution >= 0.6 is 22.7 Å². The molecule has 0 N–H and O–H groups in total. The first-order valence-electron chi connectivity index (χ1n) is 15.1. The Morgan fingerprint density at radius 2 is 1.10 bits per heavy atom. The summed E-state index contributed by atoms with van der Waals surface area (Å²) in [4.78, 5) is 2.28. The Hall–Kier alpha value is -3.16. The van der Waals surface area contributed by atoms with Crippen LogP contribution in [0.15, 0.2) is 47.2 Å². The fraction of sp³-hybridized carbons (Fsp3) is 0.412. The number of nitrogens with zero attached hydrogens (tertiary/aromatic N) is 1. The van der Waals surface area contributed by atoms with Gasteiger partial charge in [-0.05, 0) is 41.8 Å². The largest absolute Gasteiger partial charge is 0.485 e. The van der Waals surface area contributed by atoms with Gasteiger partial charge in [0.25, 0.3) is 0 Å². The van der Waals surface area contributed by atoms with E-state index in [0.717, 1.165) is 39.3 Å². The van der Waals surface area contributed by atoms with Crippen LogP contribution in [-0.2, 0) is 6.54 Å². The predicted molar refractivity (Wildman–Crippen MR) is 171 cm³/mol. The highest BCUT2D eigenvalue weighted by Crippen LogP contribution is 2.48. The van der Waals surface area contributed by atoms with E-state index in [1.165, 1.54) is 84.3 Å². The quantitative estimate of drug-likeness (QED) is 0.144. The highest BCUT2D eigenvalue weighted by Gasteiger charge is 2.23. The first-order chi connectivity index (χ1) is 20.3. The van der Waals surface area contributed by atoms with E-state index >= 15 is 0 Å². The molecule has 0 unspecified atom stereocenters. The molecule has 0 saturated carbocycles. The van der Waals surface area contributed by atoms with Crippen molar-refractivity contribution in [1.29, 1.82) is 0 Å². The maximum absolute atomic E-state index is 6.04. The monoisotopic (exact) mass is 587 g/mol. The highest BCUT2D eigenvalue weighted by atomic mass is 32.1. The average molecular weight is 588 g/mol. The number of unbranched alkanes of at least 4 members (excludes halogenated alkanes) is 7. The van der Waals surface area contributed by atoms with Crippen molar-refractivity contribution in [3.8, 4) is 43.9 Å². The third-order valence-electron chi connectivity index (χ3n) is 8.23. The topological polar surface area (TPSA) is 41.9 Å². The molecule has 5 nitrogen and oxygen atoms in total. The van der Waals surface area contributed by atoms with Crippen LogP contribution in [-0.4, -0.2) is 31.0 Å². The molecule has 0 amide bonds. The van der Waals surface area contributed by atoms with Crippen molar-refractivity contribution >= 4 is 44.5 Å². The third kappa shape index (κ3) is 5.19. The van der Waals surface area contributed by atoms with Crippen molar-refractivity contribution in [2.45, 2.75) is 64.8 Å². The fourth-order valence-electron chi connectivity index (χ4n) is 6.16. The van der Waals surface area contributed by atoms with Crippen LogP contribution in [0.3, 0.4) is 0 Å². The number of aromatic nitrogens is 1. The molecule has 214 valence electrons. The van der Waals surface area contributed by atoms with Gasteiger partial charge in [0, 0.05) is 39.1 Å². The molecule has 2 aromatic carbocycles. The number of fused-ring (bicyclic) bond motifs is 5. The zero-order valence-corrected chi connectivity index (χ0v) is 25.3. The van der Waals surface area contributed by atoms with E-state index in [4.69, 9.17) is 18.9 Å². The minimum Gasteiger partial charge on any atom is -0.485 e. The molecule has 0 radical (unpaired) electrons. The van der Waals surface area contributed by atoms with Gasteiger partial charge in [-0.3, -0.25) is 0 Å². The minimum atomic E-state index is 0.594. The molecule has 5 aromatic rings. The van der Waals surface area contributed by atoms with Gasteiger partial charge in [-0.15, -0.1) is 22.7 Å². The van der Waals surface area contributed by atoms with Crippen LogP contribution < -0.4 is 18.9 Å². The van der Waals surface area contributed by atoms with E-state index < -0.39 is 0 Å². The summed E-state index contributed by atoms with van der Waals surface area (Å²) in [6.07, 6.45) is 10.6.